The Morgan fingerprint density at radius 3 is 2.32 bits per heavy atom. The fourth-order valence-electron chi connectivity index (χ4n) is 3.53. The predicted octanol–water partition coefficient (Wildman–Crippen LogP) is 2.22. The lowest BCUT2D eigenvalue weighted by atomic mass is 10.0. The first-order valence-electron chi connectivity index (χ1n) is 9.70. The average Bonchev–Trinajstić information content (AvgIpc) is 3.31. The van der Waals surface area contributed by atoms with E-state index in [0.717, 1.165) is 4.90 Å². The van der Waals surface area contributed by atoms with Gasteiger partial charge < -0.3 is 19.5 Å². The summed E-state index contributed by atoms with van der Waals surface area (Å²) < 4.78 is 15.6. The highest BCUT2D eigenvalue weighted by molar-refractivity contribution is 6.22. The summed E-state index contributed by atoms with van der Waals surface area (Å²) in [5.41, 5.74) is 0.934. The van der Waals surface area contributed by atoms with E-state index in [0.29, 0.717) is 17.2 Å². The van der Waals surface area contributed by atoms with Crippen LogP contribution < -0.4 is 14.8 Å². The average molecular weight is 424 g/mol. The molecule has 2 aromatic carbocycles. The number of hydrogen-bond acceptors (Lipinski definition) is 7. The molecule has 2 aliphatic heterocycles. The summed E-state index contributed by atoms with van der Waals surface area (Å²) in [5.74, 6) is -1.85. The number of imide groups is 1. The molecule has 2 heterocycles. The smallest absolute Gasteiger partial charge is 0.330 e. The van der Waals surface area contributed by atoms with Crippen LogP contribution in [0.2, 0.25) is 0 Å². The van der Waals surface area contributed by atoms with E-state index in [2.05, 4.69) is 5.32 Å². The molecule has 31 heavy (non-hydrogen) atoms. The normalized spacial score (nSPS) is 15.1. The van der Waals surface area contributed by atoms with Crippen molar-refractivity contribution in [3.8, 4) is 11.5 Å². The summed E-state index contributed by atoms with van der Waals surface area (Å²) in [4.78, 5) is 51.3. The standard InChI is InChI=1S/C22H20N2O7/c1-12(2)19(24-20(26)14-5-3-4-6-15(14)21(24)27)22(28)29-10-18(25)23-13-7-8-16-17(9-13)31-11-30-16/h3-9,12,19H,10-11H2,1-2H3,(H,23,25)/t19-/m1/s1. The Kier molecular flexibility index (Phi) is 5.33. The molecule has 0 fully saturated rings. The molecule has 0 bridgehead atoms. The van der Waals surface area contributed by atoms with Crippen LogP contribution in [0.25, 0.3) is 0 Å². The van der Waals surface area contributed by atoms with Crippen LogP contribution in [0, 0.1) is 5.92 Å². The molecule has 0 aromatic heterocycles. The lowest BCUT2D eigenvalue weighted by molar-refractivity contribution is -0.152. The first-order valence-corrected chi connectivity index (χ1v) is 9.70. The number of rotatable bonds is 6. The Balaban J connectivity index is 1.41. The zero-order valence-corrected chi connectivity index (χ0v) is 16.9. The van der Waals surface area contributed by atoms with E-state index < -0.39 is 42.3 Å². The number of carbonyl (C=O) groups is 4. The third kappa shape index (κ3) is 3.81. The summed E-state index contributed by atoms with van der Waals surface area (Å²) in [7, 11) is 0. The molecule has 0 spiro atoms. The van der Waals surface area contributed by atoms with E-state index in [1.165, 1.54) is 12.1 Å². The first kappa shape index (κ1) is 20.4. The fraction of sp³-hybridized carbons (Fsp3) is 0.273. The zero-order valence-electron chi connectivity index (χ0n) is 16.9. The quantitative estimate of drug-likeness (QED) is 0.559. The van der Waals surface area contributed by atoms with Crippen LogP contribution in [-0.2, 0) is 14.3 Å². The number of carbonyl (C=O) groups excluding carboxylic acids is 4. The van der Waals surface area contributed by atoms with Crippen LogP contribution >= 0.6 is 0 Å². The maximum Gasteiger partial charge on any atom is 0.330 e. The van der Waals surface area contributed by atoms with Gasteiger partial charge in [-0.3, -0.25) is 19.3 Å². The van der Waals surface area contributed by atoms with Gasteiger partial charge in [0.15, 0.2) is 18.1 Å². The van der Waals surface area contributed by atoms with Gasteiger partial charge in [-0.25, -0.2) is 4.79 Å². The minimum absolute atomic E-state index is 0.110. The van der Waals surface area contributed by atoms with Gasteiger partial charge in [-0.05, 0) is 30.2 Å². The van der Waals surface area contributed by atoms with Crippen LogP contribution in [0.4, 0.5) is 5.69 Å². The van der Waals surface area contributed by atoms with Gasteiger partial charge in [-0.1, -0.05) is 26.0 Å². The maximum absolute atomic E-state index is 12.7. The number of esters is 1. The van der Waals surface area contributed by atoms with Crippen molar-refractivity contribution in [3.05, 3.63) is 53.6 Å². The Labute approximate surface area is 177 Å². The van der Waals surface area contributed by atoms with E-state index in [1.54, 1.807) is 44.2 Å². The van der Waals surface area contributed by atoms with Gasteiger partial charge in [0.1, 0.15) is 6.04 Å². The second-order valence-electron chi connectivity index (χ2n) is 7.44. The molecular weight excluding hydrogens is 404 g/mol. The molecule has 0 aliphatic carbocycles. The van der Waals surface area contributed by atoms with Gasteiger partial charge in [0.05, 0.1) is 11.1 Å². The molecule has 0 saturated carbocycles. The van der Waals surface area contributed by atoms with Crippen molar-refractivity contribution in [1.82, 2.24) is 4.90 Å². The molecule has 2 aromatic rings. The summed E-state index contributed by atoms with van der Waals surface area (Å²) >= 11 is 0. The first-order chi connectivity index (χ1) is 14.9. The minimum atomic E-state index is -1.15. The predicted molar refractivity (Wildman–Crippen MR) is 108 cm³/mol. The van der Waals surface area contributed by atoms with Crippen molar-refractivity contribution in [2.24, 2.45) is 5.92 Å². The molecule has 0 unspecified atom stereocenters. The van der Waals surface area contributed by atoms with Crippen molar-refractivity contribution < 1.29 is 33.4 Å². The second-order valence-corrected chi connectivity index (χ2v) is 7.44. The Bertz CT molecular complexity index is 1040. The second kappa shape index (κ2) is 8.10. The lowest BCUT2D eigenvalue weighted by Gasteiger charge is -2.27. The number of benzene rings is 2. The number of ether oxygens (including phenoxy) is 3. The Morgan fingerprint density at radius 2 is 1.68 bits per heavy atom. The molecule has 2 aliphatic rings. The SMILES string of the molecule is CC(C)[C@H](C(=O)OCC(=O)Nc1ccc2c(c1)OCO2)N1C(=O)c2ccccc2C1=O. The van der Waals surface area contributed by atoms with E-state index in [-0.39, 0.29) is 17.9 Å². The third-order valence-electron chi connectivity index (χ3n) is 4.98. The summed E-state index contributed by atoms with van der Waals surface area (Å²) in [6, 6.07) is 10.1. The zero-order chi connectivity index (χ0) is 22.1. The van der Waals surface area contributed by atoms with Crippen LogP contribution in [0.15, 0.2) is 42.5 Å². The van der Waals surface area contributed by atoms with E-state index >= 15 is 0 Å². The molecule has 1 N–H and O–H groups in total. The summed E-state index contributed by atoms with van der Waals surface area (Å²) in [5, 5.41) is 2.60. The molecule has 4 rings (SSSR count). The number of amides is 3. The Hall–Kier alpha value is -3.88. The van der Waals surface area contributed by atoms with Crippen LogP contribution in [0.1, 0.15) is 34.6 Å². The van der Waals surface area contributed by atoms with Gasteiger partial charge in [-0.2, -0.15) is 0 Å². The van der Waals surface area contributed by atoms with Crippen molar-refractivity contribution in [3.63, 3.8) is 0 Å². The van der Waals surface area contributed by atoms with Gasteiger partial charge in [-0.15, -0.1) is 0 Å². The minimum Gasteiger partial charge on any atom is -0.454 e. The molecular formula is C22H20N2O7. The van der Waals surface area contributed by atoms with Crippen molar-refractivity contribution in [2.75, 3.05) is 18.7 Å². The van der Waals surface area contributed by atoms with Crippen molar-refractivity contribution in [2.45, 2.75) is 19.9 Å². The van der Waals surface area contributed by atoms with Crippen LogP contribution in [0.3, 0.4) is 0 Å². The summed E-state index contributed by atoms with van der Waals surface area (Å²) in [6.45, 7) is 2.93. The van der Waals surface area contributed by atoms with Gasteiger partial charge in [0, 0.05) is 11.8 Å². The number of fused-ring (bicyclic) bond motifs is 2. The van der Waals surface area contributed by atoms with Gasteiger partial charge >= 0.3 is 5.97 Å². The van der Waals surface area contributed by atoms with E-state index in [9.17, 15) is 19.2 Å². The highest BCUT2D eigenvalue weighted by Gasteiger charge is 2.44. The van der Waals surface area contributed by atoms with Gasteiger partial charge in [0.25, 0.3) is 17.7 Å². The molecule has 9 heteroatoms. The molecule has 9 nitrogen and oxygen atoms in total. The summed E-state index contributed by atoms with van der Waals surface area (Å²) in [6.07, 6.45) is 0. The van der Waals surface area contributed by atoms with Crippen LogP contribution in [-0.4, -0.2) is 48.0 Å². The molecule has 0 saturated heterocycles. The third-order valence-corrected chi connectivity index (χ3v) is 4.98. The number of nitrogens with zero attached hydrogens (tertiary/aromatic N) is 1. The van der Waals surface area contributed by atoms with Crippen molar-refractivity contribution >= 4 is 29.4 Å². The molecule has 0 radical (unpaired) electrons. The highest BCUT2D eigenvalue weighted by atomic mass is 16.7. The fourth-order valence-corrected chi connectivity index (χ4v) is 3.53. The Morgan fingerprint density at radius 1 is 1.03 bits per heavy atom. The monoisotopic (exact) mass is 424 g/mol. The largest absolute Gasteiger partial charge is 0.454 e. The number of nitrogens with one attached hydrogen (secondary N) is 1. The van der Waals surface area contributed by atoms with E-state index in [1.807, 2.05) is 0 Å². The molecule has 1 atom stereocenters. The van der Waals surface area contributed by atoms with Crippen molar-refractivity contribution in [1.29, 1.82) is 0 Å². The lowest BCUT2D eigenvalue weighted by Crippen LogP contribution is -2.49. The van der Waals surface area contributed by atoms with Crippen LogP contribution in [0.5, 0.6) is 11.5 Å². The van der Waals surface area contributed by atoms with E-state index in [4.69, 9.17) is 14.2 Å². The maximum atomic E-state index is 12.7. The number of anilines is 1. The highest BCUT2D eigenvalue weighted by Crippen LogP contribution is 2.34. The topological polar surface area (TPSA) is 111 Å². The number of hydrogen-bond donors (Lipinski definition) is 1. The van der Waals surface area contributed by atoms with Gasteiger partial charge in [0.2, 0.25) is 6.79 Å². The molecule has 160 valence electrons. The molecule has 3 amide bonds.